The molecule has 0 fully saturated rings. The number of benzene rings is 2. The Morgan fingerprint density at radius 3 is 2.70 bits per heavy atom. The van der Waals surface area contributed by atoms with E-state index in [9.17, 15) is 9.18 Å². The summed E-state index contributed by atoms with van der Waals surface area (Å²) in [5.41, 5.74) is 3.81. The summed E-state index contributed by atoms with van der Waals surface area (Å²) in [6.07, 6.45) is 2.01. The van der Waals surface area contributed by atoms with Gasteiger partial charge in [-0.05, 0) is 42.2 Å². The van der Waals surface area contributed by atoms with Gasteiger partial charge in [-0.1, -0.05) is 12.1 Å². The normalized spacial score (nSPS) is 11.4. The summed E-state index contributed by atoms with van der Waals surface area (Å²) in [4.78, 5) is 19.3. The first-order valence-corrected chi connectivity index (χ1v) is 8.37. The van der Waals surface area contributed by atoms with Gasteiger partial charge < -0.3 is 9.97 Å². The van der Waals surface area contributed by atoms with E-state index in [0.717, 1.165) is 27.1 Å². The molecule has 0 aliphatic carbocycles. The minimum atomic E-state index is -0.325. The predicted octanol–water partition coefficient (Wildman–Crippen LogP) is 4.54. The van der Waals surface area contributed by atoms with Crippen LogP contribution in [-0.2, 0) is 0 Å². The van der Waals surface area contributed by atoms with Gasteiger partial charge >= 0.3 is 0 Å². The Balaban J connectivity index is 2.10. The third-order valence-corrected chi connectivity index (χ3v) is 4.66. The molecule has 0 bridgehead atoms. The molecule has 0 unspecified atom stereocenters. The zero-order chi connectivity index (χ0) is 16.0. The highest BCUT2D eigenvalue weighted by Gasteiger charge is 2.12. The Morgan fingerprint density at radius 2 is 1.87 bits per heavy atom. The quantitative estimate of drug-likeness (QED) is 0.532. The van der Waals surface area contributed by atoms with E-state index >= 15 is 0 Å². The summed E-state index contributed by atoms with van der Waals surface area (Å²) in [5, 5.41) is 0.681. The first-order valence-electron chi connectivity index (χ1n) is 7.14. The van der Waals surface area contributed by atoms with Gasteiger partial charge in [0.15, 0.2) is 0 Å². The second-order valence-electron chi connectivity index (χ2n) is 5.34. The van der Waals surface area contributed by atoms with E-state index in [-0.39, 0.29) is 11.4 Å². The molecule has 0 aliphatic heterocycles. The molecule has 0 radical (unpaired) electrons. The van der Waals surface area contributed by atoms with Gasteiger partial charge in [-0.15, -0.1) is 11.8 Å². The lowest BCUT2D eigenvalue weighted by molar-refractivity contribution is 0.630. The van der Waals surface area contributed by atoms with Crippen molar-refractivity contribution in [2.45, 2.75) is 4.90 Å². The maximum atomic E-state index is 13.6. The lowest BCUT2D eigenvalue weighted by atomic mass is 10.1. The number of nitrogens with one attached hydrogen (secondary N) is 2. The van der Waals surface area contributed by atoms with Crippen molar-refractivity contribution >= 4 is 33.7 Å². The van der Waals surface area contributed by atoms with Crippen molar-refractivity contribution < 1.29 is 4.39 Å². The third-order valence-electron chi connectivity index (χ3n) is 3.93. The van der Waals surface area contributed by atoms with Crippen LogP contribution < -0.4 is 5.56 Å². The number of halogens is 1. The molecule has 0 aliphatic rings. The van der Waals surface area contributed by atoms with E-state index < -0.39 is 0 Å². The van der Waals surface area contributed by atoms with Crippen LogP contribution in [0, 0.1) is 5.82 Å². The van der Waals surface area contributed by atoms with Gasteiger partial charge in [0.2, 0.25) is 5.56 Å². The van der Waals surface area contributed by atoms with Gasteiger partial charge in [0.05, 0.1) is 11.0 Å². The van der Waals surface area contributed by atoms with Crippen LogP contribution in [0.4, 0.5) is 4.39 Å². The first kappa shape index (κ1) is 14.1. The van der Waals surface area contributed by atoms with Crippen molar-refractivity contribution in [3.8, 4) is 11.1 Å². The van der Waals surface area contributed by atoms with Gasteiger partial charge in [-0.2, -0.15) is 0 Å². The molecule has 4 rings (SSSR count). The number of thioether (sulfide) groups is 1. The fourth-order valence-corrected chi connectivity index (χ4v) is 3.34. The molecule has 0 saturated heterocycles. The highest BCUT2D eigenvalue weighted by Crippen LogP contribution is 2.32. The number of rotatable bonds is 2. The number of fused-ring (bicyclic) bond motifs is 3. The van der Waals surface area contributed by atoms with E-state index in [0.29, 0.717) is 10.9 Å². The van der Waals surface area contributed by atoms with Crippen molar-refractivity contribution in [1.82, 2.24) is 9.97 Å². The molecule has 23 heavy (non-hydrogen) atoms. The van der Waals surface area contributed by atoms with Gasteiger partial charge in [-0.3, -0.25) is 4.79 Å². The fraction of sp³-hybridized carbons (Fsp3) is 0.0556. The second kappa shape index (κ2) is 5.28. The average Bonchev–Trinajstić information content (AvgIpc) is 2.92. The number of aromatic nitrogens is 2. The van der Waals surface area contributed by atoms with E-state index in [2.05, 4.69) is 9.97 Å². The van der Waals surface area contributed by atoms with Crippen LogP contribution in [0.1, 0.15) is 0 Å². The largest absolute Gasteiger partial charge is 0.353 e. The lowest BCUT2D eigenvalue weighted by Gasteiger charge is -2.05. The monoisotopic (exact) mass is 324 g/mol. The minimum Gasteiger partial charge on any atom is -0.353 e. The zero-order valence-corrected chi connectivity index (χ0v) is 13.1. The maximum Gasteiger partial charge on any atom is 0.249 e. The minimum absolute atomic E-state index is 0.202. The Morgan fingerprint density at radius 1 is 1.00 bits per heavy atom. The number of aromatic amines is 2. The van der Waals surface area contributed by atoms with Crippen molar-refractivity contribution in [3.05, 3.63) is 64.7 Å². The summed E-state index contributed by atoms with van der Waals surface area (Å²) < 4.78 is 13.6. The number of hydrogen-bond acceptors (Lipinski definition) is 2. The number of hydrogen-bond donors (Lipinski definition) is 2. The summed E-state index contributed by atoms with van der Waals surface area (Å²) in [6, 6.07) is 14.1. The smallest absolute Gasteiger partial charge is 0.249 e. The molecule has 4 aromatic rings. The van der Waals surface area contributed by atoms with E-state index in [1.54, 1.807) is 23.9 Å². The lowest BCUT2D eigenvalue weighted by Crippen LogP contribution is -2.04. The van der Waals surface area contributed by atoms with Crippen LogP contribution in [0.15, 0.2) is 58.2 Å². The van der Waals surface area contributed by atoms with Crippen LogP contribution >= 0.6 is 11.8 Å². The van der Waals surface area contributed by atoms with Crippen LogP contribution in [-0.4, -0.2) is 16.2 Å². The highest BCUT2D eigenvalue weighted by atomic mass is 32.2. The molecule has 2 heterocycles. The van der Waals surface area contributed by atoms with Gasteiger partial charge in [-0.25, -0.2) is 4.39 Å². The molecule has 2 aromatic heterocycles. The topological polar surface area (TPSA) is 48.6 Å². The molecule has 0 atom stereocenters. The van der Waals surface area contributed by atoms with Crippen molar-refractivity contribution in [3.63, 3.8) is 0 Å². The predicted molar refractivity (Wildman–Crippen MR) is 93.6 cm³/mol. The molecule has 2 aromatic carbocycles. The third kappa shape index (κ3) is 2.33. The molecule has 0 saturated carbocycles. The molecule has 0 spiro atoms. The molecule has 2 N–H and O–H groups in total. The summed E-state index contributed by atoms with van der Waals surface area (Å²) in [5.74, 6) is -0.325. The number of pyridine rings is 1. The molecule has 5 heteroatoms. The summed E-state index contributed by atoms with van der Waals surface area (Å²) in [6.45, 7) is 0. The van der Waals surface area contributed by atoms with Crippen molar-refractivity contribution in [2.24, 2.45) is 0 Å². The molecular weight excluding hydrogens is 311 g/mol. The Hall–Kier alpha value is -2.53. The Labute approximate surface area is 135 Å². The highest BCUT2D eigenvalue weighted by molar-refractivity contribution is 7.98. The van der Waals surface area contributed by atoms with Gasteiger partial charge in [0.1, 0.15) is 5.82 Å². The maximum absolute atomic E-state index is 13.6. The molecule has 114 valence electrons. The summed E-state index contributed by atoms with van der Waals surface area (Å²) in [7, 11) is 0. The standard InChI is InChI=1S/C18H13FN2OS/c1-23-12-4-2-3-10(7-12)13-9-16(22)21-18-14-8-11(19)5-6-15(14)20-17(13)18/h2-9,20H,1H3,(H,21,22). The zero-order valence-electron chi connectivity index (χ0n) is 12.3. The van der Waals surface area contributed by atoms with Crippen LogP contribution in [0.2, 0.25) is 0 Å². The van der Waals surface area contributed by atoms with Crippen LogP contribution in [0.25, 0.3) is 33.1 Å². The summed E-state index contributed by atoms with van der Waals surface area (Å²) >= 11 is 1.65. The van der Waals surface area contributed by atoms with Crippen molar-refractivity contribution in [2.75, 3.05) is 6.26 Å². The van der Waals surface area contributed by atoms with Crippen LogP contribution in [0.3, 0.4) is 0 Å². The van der Waals surface area contributed by atoms with Gasteiger partial charge in [0, 0.05) is 27.4 Å². The van der Waals surface area contributed by atoms with E-state index in [1.807, 2.05) is 30.5 Å². The van der Waals surface area contributed by atoms with E-state index in [1.165, 1.54) is 12.1 Å². The SMILES string of the molecule is CSc1cccc(-c2cc(=O)[nH]c3c2[nH]c2ccc(F)cc23)c1. The second-order valence-corrected chi connectivity index (χ2v) is 6.22. The average molecular weight is 324 g/mol. The fourth-order valence-electron chi connectivity index (χ4n) is 2.88. The number of H-pyrrole nitrogens is 2. The first-order chi connectivity index (χ1) is 11.2. The molecular formula is C18H13FN2OS. The van der Waals surface area contributed by atoms with Crippen molar-refractivity contribution in [1.29, 1.82) is 0 Å². The van der Waals surface area contributed by atoms with Gasteiger partial charge in [0.25, 0.3) is 0 Å². The molecule has 0 amide bonds. The van der Waals surface area contributed by atoms with E-state index in [4.69, 9.17) is 0 Å². The Kier molecular flexibility index (Phi) is 3.23. The van der Waals surface area contributed by atoms with Crippen LogP contribution in [0.5, 0.6) is 0 Å². The Bertz CT molecular complexity index is 1100. The molecule has 3 nitrogen and oxygen atoms in total.